The summed E-state index contributed by atoms with van der Waals surface area (Å²) in [4.78, 5) is 0. The first-order valence-electron chi connectivity index (χ1n) is 5.11. The van der Waals surface area contributed by atoms with E-state index < -0.39 is 0 Å². The highest BCUT2D eigenvalue weighted by Gasteiger charge is 2.06. The minimum Gasteiger partial charge on any atom is -0.496 e. The van der Waals surface area contributed by atoms with Gasteiger partial charge >= 0.3 is 0 Å². The molecule has 15 heavy (non-hydrogen) atoms. The second-order valence-electron chi connectivity index (χ2n) is 3.49. The summed E-state index contributed by atoms with van der Waals surface area (Å²) in [5.41, 5.74) is 1.26. The molecule has 0 N–H and O–H groups in total. The average molecular weight is 289 g/mol. The van der Waals surface area contributed by atoms with E-state index in [1.54, 1.807) is 7.11 Å². The van der Waals surface area contributed by atoms with Crippen LogP contribution in [0.3, 0.4) is 0 Å². The Bertz CT molecular complexity index is 314. The minimum atomic E-state index is 0.702. The average Bonchev–Trinajstić information content (AvgIpc) is 2.26. The molecule has 1 unspecified atom stereocenters. The predicted molar refractivity (Wildman–Crippen MR) is 71.7 cm³/mol. The highest BCUT2D eigenvalue weighted by Crippen LogP contribution is 2.28. The van der Waals surface area contributed by atoms with Gasteiger partial charge in [0.2, 0.25) is 0 Å². The van der Waals surface area contributed by atoms with Gasteiger partial charge in [0.05, 0.1) is 7.11 Å². The summed E-state index contributed by atoms with van der Waals surface area (Å²) < 4.78 is 6.45. The van der Waals surface area contributed by atoms with Gasteiger partial charge in [0.1, 0.15) is 5.75 Å². The van der Waals surface area contributed by atoms with Crippen LogP contribution in [-0.4, -0.2) is 12.4 Å². The largest absolute Gasteiger partial charge is 0.496 e. The van der Waals surface area contributed by atoms with Gasteiger partial charge in [0.25, 0.3) is 0 Å². The zero-order valence-corrected chi connectivity index (χ0v) is 11.8. The fourth-order valence-electron chi connectivity index (χ4n) is 1.21. The number of hydrogen-bond acceptors (Lipinski definition) is 2. The Morgan fingerprint density at radius 1 is 1.47 bits per heavy atom. The van der Waals surface area contributed by atoms with Gasteiger partial charge in [-0.25, -0.2) is 0 Å². The highest BCUT2D eigenvalue weighted by atomic mass is 79.9. The lowest BCUT2D eigenvalue weighted by molar-refractivity contribution is 0.411. The van der Waals surface area contributed by atoms with E-state index in [1.807, 2.05) is 23.9 Å². The summed E-state index contributed by atoms with van der Waals surface area (Å²) in [5, 5.41) is 0.702. The van der Waals surface area contributed by atoms with Crippen molar-refractivity contribution in [1.29, 1.82) is 0 Å². The van der Waals surface area contributed by atoms with Gasteiger partial charge in [-0.05, 0) is 24.6 Å². The molecule has 0 fully saturated rings. The van der Waals surface area contributed by atoms with Crippen molar-refractivity contribution >= 4 is 27.7 Å². The Hall–Kier alpha value is -0.150. The summed E-state index contributed by atoms with van der Waals surface area (Å²) in [6.07, 6.45) is 1.21. The minimum absolute atomic E-state index is 0.702. The number of methoxy groups -OCH3 is 1. The van der Waals surface area contributed by atoms with E-state index in [1.165, 1.54) is 12.0 Å². The van der Waals surface area contributed by atoms with Gasteiger partial charge in [-0.15, -0.1) is 0 Å². The lowest BCUT2D eigenvalue weighted by Gasteiger charge is -2.11. The van der Waals surface area contributed by atoms with Gasteiger partial charge in [0, 0.05) is 21.0 Å². The van der Waals surface area contributed by atoms with Crippen molar-refractivity contribution in [2.75, 3.05) is 7.11 Å². The van der Waals surface area contributed by atoms with Crippen LogP contribution >= 0.6 is 27.7 Å². The molecule has 1 nitrogen and oxygen atoms in total. The summed E-state index contributed by atoms with van der Waals surface area (Å²) in [5.74, 6) is 1.99. The second-order valence-corrected chi connectivity index (χ2v) is 5.83. The molecule has 3 heteroatoms. The number of rotatable bonds is 5. The molecule has 0 aliphatic carbocycles. The van der Waals surface area contributed by atoms with Gasteiger partial charge in [-0.3, -0.25) is 0 Å². The molecule has 0 bridgehead atoms. The molecule has 0 radical (unpaired) electrons. The standard InChI is InChI=1S/C12H17BrOS/c1-4-9(2)15-8-10-7-11(13)5-6-12(10)14-3/h5-7,9H,4,8H2,1-3H3. The molecule has 0 saturated heterocycles. The quantitative estimate of drug-likeness (QED) is 0.790. The maximum Gasteiger partial charge on any atom is 0.122 e. The molecule has 0 heterocycles. The highest BCUT2D eigenvalue weighted by molar-refractivity contribution is 9.10. The van der Waals surface area contributed by atoms with Crippen LogP contribution in [0.5, 0.6) is 5.75 Å². The molecule has 0 spiro atoms. The first-order valence-corrected chi connectivity index (χ1v) is 6.95. The maximum absolute atomic E-state index is 5.33. The number of thioether (sulfide) groups is 1. The van der Waals surface area contributed by atoms with E-state index in [9.17, 15) is 0 Å². The third-order valence-electron chi connectivity index (χ3n) is 2.34. The zero-order chi connectivity index (χ0) is 11.3. The Balaban J connectivity index is 2.69. The molecule has 0 amide bonds. The molecular weight excluding hydrogens is 272 g/mol. The normalized spacial score (nSPS) is 12.5. The SMILES string of the molecule is CCC(C)SCc1cc(Br)ccc1OC. The summed E-state index contributed by atoms with van der Waals surface area (Å²) >= 11 is 5.45. The number of ether oxygens (including phenoxy) is 1. The number of halogens is 1. The topological polar surface area (TPSA) is 9.23 Å². The Labute approximate surface area is 105 Å². The molecule has 1 aromatic rings. The summed E-state index contributed by atoms with van der Waals surface area (Å²) in [7, 11) is 1.72. The molecule has 0 aromatic heterocycles. The first-order chi connectivity index (χ1) is 7.17. The van der Waals surface area contributed by atoms with Gasteiger partial charge in [0.15, 0.2) is 0 Å². The van der Waals surface area contributed by atoms with Crippen LogP contribution in [-0.2, 0) is 5.75 Å². The fourth-order valence-corrected chi connectivity index (χ4v) is 2.54. The second kappa shape index (κ2) is 6.44. The van der Waals surface area contributed by atoms with Crippen LogP contribution in [0, 0.1) is 0 Å². The van der Waals surface area contributed by atoms with Crippen molar-refractivity contribution in [1.82, 2.24) is 0 Å². The summed E-state index contributed by atoms with van der Waals surface area (Å²) in [6.45, 7) is 4.48. The van der Waals surface area contributed by atoms with Crippen LogP contribution < -0.4 is 4.74 Å². The van der Waals surface area contributed by atoms with E-state index in [0.717, 1.165) is 16.0 Å². The van der Waals surface area contributed by atoms with Crippen molar-refractivity contribution in [3.05, 3.63) is 28.2 Å². The van der Waals surface area contributed by atoms with Crippen molar-refractivity contribution in [3.8, 4) is 5.75 Å². The van der Waals surface area contributed by atoms with Crippen LogP contribution in [0.15, 0.2) is 22.7 Å². The van der Waals surface area contributed by atoms with Gasteiger partial charge in [-0.1, -0.05) is 29.8 Å². The zero-order valence-electron chi connectivity index (χ0n) is 9.42. The predicted octanol–water partition coefficient (Wildman–Crippen LogP) is 4.49. The smallest absolute Gasteiger partial charge is 0.122 e. The van der Waals surface area contributed by atoms with Crippen LogP contribution in [0.1, 0.15) is 25.8 Å². The van der Waals surface area contributed by atoms with E-state index in [0.29, 0.717) is 5.25 Å². The monoisotopic (exact) mass is 288 g/mol. The third kappa shape index (κ3) is 4.07. The van der Waals surface area contributed by atoms with Crippen LogP contribution in [0.2, 0.25) is 0 Å². The van der Waals surface area contributed by atoms with E-state index >= 15 is 0 Å². The molecular formula is C12H17BrOS. The van der Waals surface area contributed by atoms with Crippen molar-refractivity contribution in [3.63, 3.8) is 0 Å². The molecule has 1 atom stereocenters. The Morgan fingerprint density at radius 2 is 2.20 bits per heavy atom. The lowest BCUT2D eigenvalue weighted by atomic mass is 10.2. The van der Waals surface area contributed by atoms with Crippen molar-refractivity contribution in [2.24, 2.45) is 0 Å². The molecule has 84 valence electrons. The third-order valence-corrected chi connectivity index (χ3v) is 4.21. The van der Waals surface area contributed by atoms with Crippen LogP contribution in [0.25, 0.3) is 0 Å². The molecule has 0 aliphatic heterocycles. The maximum atomic E-state index is 5.33. The Kier molecular flexibility index (Phi) is 5.54. The molecule has 1 rings (SSSR count). The van der Waals surface area contributed by atoms with E-state index in [2.05, 4.69) is 35.8 Å². The first kappa shape index (κ1) is 12.9. The van der Waals surface area contributed by atoms with Gasteiger partial charge in [-0.2, -0.15) is 11.8 Å². The lowest BCUT2D eigenvalue weighted by Crippen LogP contribution is -1.96. The number of benzene rings is 1. The summed E-state index contributed by atoms with van der Waals surface area (Å²) in [6, 6.07) is 6.15. The molecule has 0 aliphatic rings. The van der Waals surface area contributed by atoms with Gasteiger partial charge < -0.3 is 4.74 Å². The Morgan fingerprint density at radius 3 is 2.80 bits per heavy atom. The van der Waals surface area contributed by atoms with E-state index in [4.69, 9.17) is 4.74 Å². The van der Waals surface area contributed by atoms with Crippen molar-refractivity contribution < 1.29 is 4.74 Å². The molecule has 1 aromatic carbocycles. The molecule has 0 saturated carbocycles. The fraction of sp³-hybridized carbons (Fsp3) is 0.500. The van der Waals surface area contributed by atoms with Crippen LogP contribution in [0.4, 0.5) is 0 Å². The van der Waals surface area contributed by atoms with E-state index in [-0.39, 0.29) is 0 Å². The van der Waals surface area contributed by atoms with Crippen molar-refractivity contribution in [2.45, 2.75) is 31.3 Å². The number of hydrogen-bond donors (Lipinski definition) is 0.